The van der Waals surface area contributed by atoms with Gasteiger partial charge in [-0.25, -0.2) is 8.78 Å². The number of ether oxygens (including phenoxy) is 1. The molecule has 1 aliphatic heterocycles. The van der Waals surface area contributed by atoms with Crippen LogP contribution >= 0.6 is 0 Å². The number of anilines is 1. The molecule has 1 aromatic rings. The average Bonchev–Trinajstić information content (AvgIpc) is 2.35. The lowest BCUT2D eigenvalue weighted by Gasteiger charge is -2.21. The molecule has 1 unspecified atom stereocenters. The second-order valence-electron chi connectivity index (χ2n) is 4.43. The van der Waals surface area contributed by atoms with E-state index in [1.54, 1.807) is 0 Å². The Bertz CT molecular complexity index is 411. The maximum absolute atomic E-state index is 13.3. The van der Waals surface area contributed by atoms with Crippen LogP contribution in [0.2, 0.25) is 0 Å². The molecule has 98 valence electrons. The minimum Gasteiger partial charge on any atom is -0.381 e. The maximum Gasteiger partial charge on any atom is 0.224 e. The van der Waals surface area contributed by atoms with E-state index in [1.807, 2.05) is 0 Å². The van der Waals surface area contributed by atoms with Gasteiger partial charge in [-0.1, -0.05) is 6.07 Å². The van der Waals surface area contributed by atoms with E-state index < -0.39 is 11.6 Å². The minimum atomic E-state index is -0.761. The first kappa shape index (κ1) is 13.0. The number of carbonyl (C=O) groups is 1. The molecule has 0 saturated carbocycles. The zero-order valence-electron chi connectivity index (χ0n) is 9.92. The van der Waals surface area contributed by atoms with Crippen LogP contribution in [0.15, 0.2) is 18.2 Å². The Morgan fingerprint density at radius 2 is 2.11 bits per heavy atom. The lowest BCUT2D eigenvalue weighted by atomic mass is 9.98. The van der Waals surface area contributed by atoms with Crippen molar-refractivity contribution in [3.63, 3.8) is 0 Å². The van der Waals surface area contributed by atoms with Crippen LogP contribution in [0.4, 0.5) is 14.5 Å². The SMILES string of the molecule is O=C(CC1CCCOC1)Nc1c(F)cccc1F. The van der Waals surface area contributed by atoms with Gasteiger partial charge in [-0.05, 0) is 30.9 Å². The molecule has 18 heavy (non-hydrogen) atoms. The highest BCUT2D eigenvalue weighted by Gasteiger charge is 2.19. The van der Waals surface area contributed by atoms with Gasteiger partial charge in [0.25, 0.3) is 0 Å². The third-order valence-electron chi connectivity index (χ3n) is 2.96. The minimum absolute atomic E-state index is 0.133. The monoisotopic (exact) mass is 255 g/mol. The van der Waals surface area contributed by atoms with Crippen molar-refractivity contribution in [3.8, 4) is 0 Å². The summed E-state index contributed by atoms with van der Waals surface area (Å²) in [5.41, 5.74) is -0.376. The molecule has 3 nitrogen and oxygen atoms in total. The van der Waals surface area contributed by atoms with Crippen molar-refractivity contribution in [1.29, 1.82) is 0 Å². The molecule has 1 atom stereocenters. The van der Waals surface area contributed by atoms with Crippen molar-refractivity contribution in [1.82, 2.24) is 0 Å². The zero-order chi connectivity index (χ0) is 13.0. The quantitative estimate of drug-likeness (QED) is 0.901. The molecule has 1 aliphatic rings. The van der Waals surface area contributed by atoms with Gasteiger partial charge in [0, 0.05) is 19.6 Å². The zero-order valence-corrected chi connectivity index (χ0v) is 9.92. The molecular formula is C13H15F2NO2. The number of amides is 1. The highest BCUT2D eigenvalue weighted by atomic mass is 19.1. The van der Waals surface area contributed by atoms with Crippen molar-refractivity contribution in [3.05, 3.63) is 29.8 Å². The predicted molar refractivity (Wildman–Crippen MR) is 63.1 cm³/mol. The molecule has 2 rings (SSSR count). The standard InChI is InChI=1S/C13H15F2NO2/c14-10-4-1-5-11(15)13(10)16-12(17)7-9-3-2-6-18-8-9/h1,4-5,9H,2-3,6-8H2,(H,16,17). The molecule has 0 aromatic heterocycles. The predicted octanol–water partition coefficient (Wildman–Crippen LogP) is 2.72. The van der Waals surface area contributed by atoms with Gasteiger partial charge in [-0.3, -0.25) is 4.79 Å². The van der Waals surface area contributed by atoms with Crippen LogP contribution in [0.25, 0.3) is 0 Å². The summed E-state index contributed by atoms with van der Waals surface area (Å²) in [6.45, 7) is 1.26. The van der Waals surface area contributed by atoms with Crippen molar-refractivity contribution >= 4 is 11.6 Å². The topological polar surface area (TPSA) is 38.3 Å². The van der Waals surface area contributed by atoms with Gasteiger partial charge in [0.05, 0.1) is 0 Å². The van der Waals surface area contributed by atoms with E-state index in [0.29, 0.717) is 6.61 Å². The Morgan fingerprint density at radius 3 is 2.72 bits per heavy atom. The Balaban J connectivity index is 1.94. The molecular weight excluding hydrogens is 240 g/mol. The van der Waals surface area contributed by atoms with Crippen LogP contribution in [-0.2, 0) is 9.53 Å². The Kier molecular flexibility index (Phi) is 4.25. The fourth-order valence-electron chi connectivity index (χ4n) is 2.04. The number of halogens is 2. The van der Waals surface area contributed by atoms with Gasteiger partial charge in [0.15, 0.2) is 0 Å². The lowest BCUT2D eigenvalue weighted by molar-refractivity contribution is -0.118. The van der Waals surface area contributed by atoms with E-state index in [2.05, 4.69) is 5.32 Å². The van der Waals surface area contributed by atoms with Gasteiger partial charge in [-0.2, -0.15) is 0 Å². The van der Waals surface area contributed by atoms with E-state index in [4.69, 9.17) is 4.74 Å². The number of rotatable bonds is 3. The van der Waals surface area contributed by atoms with E-state index in [1.165, 1.54) is 6.07 Å². The lowest BCUT2D eigenvalue weighted by Crippen LogP contribution is -2.24. The van der Waals surface area contributed by atoms with Crippen LogP contribution in [0.5, 0.6) is 0 Å². The summed E-state index contributed by atoms with van der Waals surface area (Å²) < 4.78 is 31.9. The first-order valence-electron chi connectivity index (χ1n) is 5.98. The largest absolute Gasteiger partial charge is 0.381 e. The molecule has 1 saturated heterocycles. The molecule has 0 spiro atoms. The molecule has 5 heteroatoms. The van der Waals surface area contributed by atoms with Gasteiger partial charge in [0.2, 0.25) is 5.91 Å². The molecule has 1 amide bonds. The third kappa shape index (κ3) is 3.26. The summed E-state index contributed by atoms with van der Waals surface area (Å²) in [6.07, 6.45) is 2.06. The van der Waals surface area contributed by atoms with Gasteiger partial charge in [-0.15, -0.1) is 0 Å². The van der Waals surface area contributed by atoms with Crippen LogP contribution < -0.4 is 5.32 Å². The Labute approximate surface area is 104 Å². The number of benzene rings is 1. The second kappa shape index (κ2) is 5.91. The summed E-state index contributed by atoms with van der Waals surface area (Å²) in [4.78, 5) is 11.7. The fraction of sp³-hybridized carbons (Fsp3) is 0.462. The van der Waals surface area contributed by atoms with E-state index in [-0.39, 0.29) is 23.9 Å². The van der Waals surface area contributed by atoms with Gasteiger partial charge in [0.1, 0.15) is 17.3 Å². The number of carbonyl (C=O) groups excluding carboxylic acids is 1. The molecule has 0 bridgehead atoms. The molecule has 0 radical (unpaired) electrons. The Hall–Kier alpha value is -1.49. The summed E-state index contributed by atoms with van der Waals surface area (Å²) >= 11 is 0. The number of hydrogen-bond donors (Lipinski definition) is 1. The highest BCUT2D eigenvalue weighted by Crippen LogP contribution is 2.21. The van der Waals surface area contributed by atoms with Crippen molar-refractivity contribution in [2.24, 2.45) is 5.92 Å². The van der Waals surface area contributed by atoms with E-state index in [9.17, 15) is 13.6 Å². The van der Waals surface area contributed by atoms with Crippen LogP contribution in [0, 0.1) is 17.6 Å². The molecule has 1 fully saturated rings. The van der Waals surface area contributed by atoms with Crippen LogP contribution in [0.3, 0.4) is 0 Å². The number of hydrogen-bond acceptors (Lipinski definition) is 2. The fourth-order valence-corrected chi connectivity index (χ4v) is 2.04. The molecule has 1 heterocycles. The van der Waals surface area contributed by atoms with Gasteiger partial charge >= 0.3 is 0 Å². The summed E-state index contributed by atoms with van der Waals surface area (Å²) in [5, 5.41) is 2.28. The van der Waals surface area contributed by atoms with E-state index in [0.717, 1.165) is 31.6 Å². The van der Waals surface area contributed by atoms with Crippen LogP contribution in [0.1, 0.15) is 19.3 Å². The maximum atomic E-state index is 13.3. The highest BCUT2D eigenvalue weighted by molar-refractivity contribution is 5.91. The van der Waals surface area contributed by atoms with Gasteiger partial charge < -0.3 is 10.1 Å². The first-order valence-corrected chi connectivity index (χ1v) is 5.98. The third-order valence-corrected chi connectivity index (χ3v) is 2.96. The van der Waals surface area contributed by atoms with Crippen molar-refractivity contribution in [2.45, 2.75) is 19.3 Å². The number of nitrogens with one attached hydrogen (secondary N) is 1. The summed E-state index contributed by atoms with van der Waals surface area (Å²) in [6, 6.07) is 3.49. The average molecular weight is 255 g/mol. The molecule has 1 N–H and O–H groups in total. The molecule has 1 aromatic carbocycles. The van der Waals surface area contributed by atoms with E-state index >= 15 is 0 Å². The summed E-state index contributed by atoms with van der Waals surface area (Å²) in [7, 11) is 0. The summed E-state index contributed by atoms with van der Waals surface area (Å²) in [5.74, 6) is -1.77. The van der Waals surface area contributed by atoms with Crippen LogP contribution in [-0.4, -0.2) is 19.1 Å². The first-order chi connectivity index (χ1) is 8.66. The normalized spacial score (nSPS) is 19.6. The van der Waals surface area contributed by atoms with Crippen molar-refractivity contribution in [2.75, 3.05) is 18.5 Å². The van der Waals surface area contributed by atoms with Crippen molar-refractivity contribution < 1.29 is 18.3 Å². The second-order valence-corrected chi connectivity index (χ2v) is 4.43. The molecule has 0 aliphatic carbocycles. The Morgan fingerprint density at radius 1 is 1.39 bits per heavy atom. The smallest absolute Gasteiger partial charge is 0.224 e. The number of para-hydroxylation sites is 1.